The minimum atomic E-state index is 0.955. The third-order valence-electron chi connectivity index (χ3n) is 10.4. The van der Waals surface area contributed by atoms with E-state index < -0.39 is 0 Å². The molecular weight excluding hydrogens is 639 g/mol. The molecule has 4 heteroatoms. The number of nitrogens with zero attached hydrogens (tertiary/aromatic N) is 3. The van der Waals surface area contributed by atoms with Crippen molar-refractivity contribution in [1.29, 1.82) is 0 Å². The molecular formula is C47H29N3S. The van der Waals surface area contributed by atoms with Gasteiger partial charge in [-0.05, 0) is 77.9 Å². The summed E-state index contributed by atoms with van der Waals surface area (Å²) in [5, 5.41) is 7.59. The summed E-state index contributed by atoms with van der Waals surface area (Å²) >= 11 is 1.88. The topological polar surface area (TPSA) is 22.8 Å². The molecule has 0 saturated carbocycles. The van der Waals surface area contributed by atoms with Crippen LogP contribution in [0.15, 0.2) is 176 Å². The van der Waals surface area contributed by atoms with Gasteiger partial charge in [0.2, 0.25) is 0 Å². The number of thiophene rings is 1. The summed E-state index contributed by atoms with van der Waals surface area (Å²) in [6.45, 7) is 0. The maximum Gasteiger partial charge on any atom is 0.0703 e. The van der Waals surface area contributed by atoms with Crippen LogP contribution in [0.25, 0.3) is 97.5 Å². The van der Waals surface area contributed by atoms with E-state index in [1.165, 1.54) is 74.9 Å². The Balaban J connectivity index is 1.02. The van der Waals surface area contributed by atoms with Crippen LogP contribution in [-0.2, 0) is 0 Å². The van der Waals surface area contributed by atoms with E-state index >= 15 is 0 Å². The molecule has 4 aromatic heterocycles. The van der Waals surface area contributed by atoms with Gasteiger partial charge in [-0.3, -0.25) is 4.98 Å². The molecule has 0 aliphatic carbocycles. The van der Waals surface area contributed by atoms with E-state index in [4.69, 9.17) is 4.98 Å². The Morgan fingerprint density at radius 3 is 1.71 bits per heavy atom. The molecule has 7 aromatic carbocycles. The van der Waals surface area contributed by atoms with E-state index in [9.17, 15) is 0 Å². The van der Waals surface area contributed by atoms with Gasteiger partial charge in [0.1, 0.15) is 0 Å². The lowest BCUT2D eigenvalue weighted by Crippen LogP contribution is -1.95. The van der Waals surface area contributed by atoms with Gasteiger partial charge in [0, 0.05) is 53.0 Å². The Kier molecular flexibility index (Phi) is 6.12. The van der Waals surface area contributed by atoms with Gasteiger partial charge in [0.15, 0.2) is 0 Å². The third kappa shape index (κ3) is 4.27. The minimum Gasteiger partial charge on any atom is -0.309 e. The maximum atomic E-state index is 5.06. The number of fused-ring (bicyclic) bond motifs is 9. The van der Waals surface area contributed by atoms with Crippen molar-refractivity contribution in [2.45, 2.75) is 0 Å². The average molecular weight is 668 g/mol. The van der Waals surface area contributed by atoms with E-state index in [-0.39, 0.29) is 0 Å². The molecule has 4 heterocycles. The lowest BCUT2D eigenvalue weighted by molar-refractivity contribution is 1.14. The zero-order valence-electron chi connectivity index (χ0n) is 27.5. The van der Waals surface area contributed by atoms with Crippen LogP contribution in [0.2, 0.25) is 0 Å². The van der Waals surface area contributed by atoms with Crippen LogP contribution in [0.1, 0.15) is 0 Å². The Morgan fingerprint density at radius 2 is 0.980 bits per heavy atom. The van der Waals surface area contributed by atoms with Crippen molar-refractivity contribution in [3.63, 3.8) is 0 Å². The summed E-state index contributed by atoms with van der Waals surface area (Å²) in [6, 6.07) is 61.4. The van der Waals surface area contributed by atoms with E-state index in [1.54, 1.807) is 0 Å². The zero-order valence-corrected chi connectivity index (χ0v) is 28.3. The number of hydrogen-bond donors (Lipinski definition) is 0. The molecule has 0 N–H and O–H groups in total. The molecule has 11 rings (SSSR count). The van der Waals surface area contributed by atoms with E-state index in [0.29, 0.717) is 0 Å². The quantitative estimate of drug-likeness (QED) is 0.183. The summed E-state index contributed by atoms with van der Waals surface area (Å²) in [6.07, 6.45) is 2.02. The Bertz CT molecular complexity index is 3130. The number of pyridine rings is 1. The van der Waals surface area contributed by atoms with Gasteiger partial charge in [-0.2, -0.15) is 0 Å². The van der Waals surface area contributed by atoms with Gasteiger partial charge in [-0.15, -0.1) is 11.3 Å². The molecule has 0 radical (unpaired) electrons. The second-order valence-corrected chi connectivity index (χ2v) is 14.2. The predicted octanol–water partition coefficient (Wildman–Crippen LogP) is 13.0. The van der Waals surface area contributed by atoms with Crippen LogP contribution in [0.4, 0.5) is 0 Å². The molecule has 0 aliphatic rings. The molecule has 0 bridgehead atoms. The van der Waals surface area contributed by atoms with Gasteiger partial charge >= 0.3 is 0 Å². The van der Waals surface area contributed by atoms with Crippen molar-refractivity contribution in [2.75, 3.05) is 0 Å². The van der Waals surface area contributed by atoms with Crippen LogP contribution in [0.5, 0.6) is 0 Å². The van der Waals surface area contributed by atoms with Crippen molar-refractivity contribution in [3.05, 3.63) is 176 Å². The molecule has 0 aliphatic heterocycles. The summed E-state index contributed by atoms with van der Waals surface area (Å²) in [5.74, 6) is 0. The SMILES string of the molecule is c1ccc(-n2c3ccccc3c3cc(-c4ccc(-n5c6ccccc6c6cc(-c7cccc8c7sc7ccccc78)ccc65)cn4)ccc32)cc1. The number of rotatable bonds is 4. The fourth-order valence-electron chi connectivity index (χ4n) is 8.07. The van der Waals surface area contributed by atoms with Gasteiger partial charge in [-0.1, -0.05) is 103 Å². The van der Waals surface area contributed by atoms with Crippen LogP contribution >= 0.6 is 11.3 Å². The Morgan fingerprint density at radius 1 is 0.392 bits per heavy atom. The second kappa shape index (κ2) is 11.0. The zero-order chi connectivity index (χ0) is 33.5. The molecule has 51 heavy (non-hydrogen) atoms. The summed E-state index contributed by atoms with van der Waals surface area (Å²) in [5.41, 5.74) is 11.5. The van der Waals surface area contributed by atoms with Gasteiger partial charge in [-0.25, -0.2) is 0 Å². The number of para-hydroxylation sites is 3. The molecule has 0 unspecified atom stereocenters. The molecule has 0 amide bonds. The van der Waals surface area contributed by atoms with E-state index in [0.717, 1.165) is 22.6 Å². The average Bonchev–Trinajstić information content (AvgIpc) is 3.86. The predicted molar refractivity (Wildman–Crippen MR) is 217 cm³/mol. The van der Waals surface area contributed by atoms with Crippen molar-refractivity contribution < 1.29 is 0 Å². The Hall–Kier alpha value is -6.49. The first-order chi connectivity index (χ1) is 25.3. The standard InChI is InChI=1S/C47H29N3S/c1-2-11-32(12-3-1)49-42-18-7-4-14-36(42)40-28-31(22-26-44(40)49)41-24-23-33(29-48-41)50-43-19-8-5-13-35(43)39-27-30(21-25-45(39)50)34-16-10-17-38-37-15-6-9-20-46(37)51-47(34)38/h1-29H. The monoisotopic (exact) mass is 667 g/mol. The van der Waals surface area contributed by atoms with Crippen molar-refractivity contribution in [3.8, 4) is 33.8 Å². The highest BCUT2D eigenvalue weighted by atomic mass is 32.1. The molecule has 0 spiro atoms. The molecule has 238 valence electrons. The number of hydrogen-bond acceptors (Lipinski definition) is 2. The normalized spacial score (nSPS) is 11.9. The largest absolute Gasteiger partial charge is 0.309 e. The summed E-state index contributed by atoms with van der Waals surface area (Å²) in [4.78, 5) is 5.06. The highest BCUT2D eigenvalue weighted by molar-refractivity contribution is 7.26. The summed E-state index contributed by atoms with van der Waals surface area (Å²) < 4.78 is 7.36. The van der Waals surface area contributed by atoms with Crippen molar-refractivity contribution in [1.82, 2.24) is 14.1 Å². The van der Waals surface area contributed by atoms with Gasteiger partial charge < -0.3 is 9.13 Å². The highest BCUT2D eigenvalue weighted by Crippen LogP contribution is 2.42. The molecule has 0 atom stereocenters. The Labute approximate surface area is 297 Å². The maximum absolute atomic E-state index is 5.06. The van der Waals surface area contributed by atoms with Crippen molar-refractivity contribution >= 4 is 75.1 Å². The fraction of sp³-hybridized carbons (Fsp3) is 0. The fourth-order valence-corrected chi connectivity index (χ4v) is 9.31. The lowest BCUT2D eigenvalue weighted by atomic mass is 10.0. The highest BCUT2D eigenvalue weighted by Gasteiger charge is 2.17. The summed E-state index contributed by atoms with van der Waals surface area (Å²) in [7, 11) is 0. The van der Waals surface area contributed by atoms with Crippen LogP contribution in [-0.4, -0.2) is 14.1 Å². The lowest BCUT2D eigenvalue weighted by Gasteiger charge is -2.10. The smallest absolute Gasteiger partial charge is 0.0703 e. The van der Waals surface area contributed by atoms with Crippen molar-refractivity contribution in [2.24, 2.45) is 0 Å². The van der Waals surface area contributed by atoms with E-state index in [1.807, 2.05) is 17.5 Å². The molecule has 0 fully saturated rings. The van der Waals surface area contributed by atoms with Crippen LogP contribution in [0, 0.1) is 0 Å². The number of aromatic nitrogens is 3. The molecule has 11 aromatic rings. The van der Waals surface area contributed by atoms with E-state index in [2.05, 4.69) is 179 Å². The molecule has 3 nitrogen and oxygen atoms in total. The third-order valence-corrected chi connectivity index (χ3v) is 11.6. The van der Waals surface area contributed by atoms with Crippen LogP contribution in [0.3, 0.4) is 0 Å². The first-order valence-electron chi connectivity index (χ1n) is 17.3. The van der Waals surface area contributed by atoms with Gasteiger partial charge in [0.25, 0.3) is 0 Å². The second-order valence-electron chi connectivity index (χ2n) is 13.2. The van der Waals surface area contributed by atoms with Gasteiger partial charge in [0.05, 0.1) is 39.6 Å². The first-order valence-corrected chi connectivity index (χ1v) is 18.1. The minimum absolute atomic E-state index is 0.955. The first kappa shape index (κ1) is 28.4. The van der Waals surface area contributed by atoms with Crippen LogP contribution < -0.4 is 0 Å². The number of benzene rings is 7. The molecule has 0 saturated heterocycles.